The van der Waals surface area contributed by atoms with Crippen molar-refractivity contribution in [2.75, 3.05) is 25.6 Å². The molecule has 0 aliphatic rings. The number of nitrogens with zero attached hydrogens (tertiary/aromatic N) is 1. The van der Waals surface area contributed by atoms with Crippen LogP contribution < -0.4 is 14.8 Å². The van der Waals surface area contributed by atoms with Crippen LogP contribution in [0.2, 0.25) is 0 Å². The van der Waals surface area contributed by atoms with Crippen molar-refractivity contribution < 1.29 is 28.7 Å². The first-order valence-corrected chi connectivity index (χ1v) is 8.86. The number of anilines is 1. The molecule has 9 nitrogen and oxygen atoms in total. The average Bonchev–Trinajstić information content (AvgIpc) is 2.71. The Labute approximate surface area is 167 Å². The molecular weight excluding hydrogens is 380 g/mol. The summed E-state index contributed by atoms with van der Waals surface area (Å²) >= 11 is 0. The van der Waals surface area contributed by atoms with Crippen molar-refractivity contribution in [3.63, 3.8) is 0 Å². The Balaban J connectivity index is 1.66. The molecule has 0 bridgehead atoms. The first-order chi connectivity index (χ1) is 13.9. The van der Waals surface area contributed by atoms with Crippen LogP contribution in [0.3, 0.4) is 0 Å². The third-order valence-corrected chi connectivity index (χ3v) is 3.91. The molecule has 1 N–H and O–H groups in total. The Kier molecular flexibility index (Phi) is 7.96. The molecule has 0 radical (unpaired) electrons. The molecule has 0 aromatic heterocycles. The van der Waals surface area contributed by atoms with Crippen LogP contribution in [-0.2, 0) is 14.3 Å². The zero-order chi connectivity index (χ0) is 21.2. The highest BCUT2D eigenvalue weighted by Crippen LogP contribution is 2.21. The van der Waals surface area contributed by atoms with Crippen LogP contribution in [0, 0.1) is 17.0 Å². The summed E-state index contributed by atoms with van der Waals surface area (Å²) in [6.07, 6.45) is 0.550. The van der Waals surface area contributed by atoms with Crippen molar-refractivity contribution in [2.45, 2.75) is 19.8 Å². The van der Waals surface area contributed by atoms with E-state index in [4.69, 9.17) is 14.2 Å². The molecule has 0 aliphatic heterocycles. The number of nitro benzene ring substituents is 1. The van der Waals surface area contributed by atoms with Crippen molar-refractivity contribution in [3.8, 4) is 11.5 Å². The highest BCUT2D eigenvalue weighted by Gasteiger charge is 2.12. The fourth-order valence-electron chi connectivity index (χ4n) is 2.38. The molecule has 0 atom stereocenters. The second kappa shape index (κ2) is 10.6. The summed E-state index contributed by atoms with van der Waals surface area (Å²) in [6.45, 7) is 1.53. The molecule has 9 heteroatoms. The number of benzene rings is 2. The van der Waals surface area contributed by atoms with Gasteiger partial charge in [-0.05, 0) is 49.2 Å². The lowest BCUT2D eigenvalue weighted by Crippen LogP contribution is -2.21. The second-order valence-electron chi connectivity index (χ2n) is 6.09. The highest BCUT2D eigenvalue weighted by atomic mass is 16.6. The number of aryl methyl sites for hydroxylation is 1. The van der Waals surface area contributed by atoms with E-state index in [1.165, 1.54) is 18.2 Å². The smallest absolute Gasteiger partial charge is 0.306 e. The van der Waals surface area contributed by atoms with Gasteiger partial charge in [0, 0.05) is 24.2 Å². The molecule has 0 spiro atoms. The molecule has 0 saturated heterocycles. The minimum absolute atomic E-state index is 0.0659. The Bertz CT molecular complexity index is 866. The number of carbonyl (C=O) groups excluding carboxylic acids is 2. The number of nitrogens with one attached hydrogen (secondary N) is 1. The molecule has 0 saturated carbocycles. The summed E-state index contributed by atoms with van der Waals surface area (Å²) in [4.78, 5) is 33.8. The van der Waals surface area contributed by atoms with Crippen molar-refractivity contribution in [3.05, 3.63) is 58.1 Å². The van der Waals surface area contributed by atoms with Gasteiger partial charge < -0.3 is 19.5 Å². The van der Waals surface area contributed by atoms with E-state index < -0.39 is 23.4 Å². The molecule has 0 fully saturated rings. The van der Waals surface area contributed by atoms with Gasteiger partial charge in [0.15, 0.2) is 6.61 Å². The molecule has 2 aromatic rings. The van der Waals surface area contributed by atoms with Crippen LogP contribution >= 0.6 is 0 Å². The van der Waals surface area contributed by atoms with E-state index in [1.807, 2.05) is 0 Å². The fourth-order valence-corrected chi connectivity index (χ4v) is 2.38. The number of methoxy groups -OCH3 is 1. The number of carbonyl (C=O) groups is 2. The van der Waals surface area contributed by atoms with Crippen molar-refractivity contribution in [1.29, 1.82) is 0 Å². The van der Waals surface area contributed by atoms with E-state index in [1.54, 1.807) is 38.3 Å². The summed E-state index contributed by atoms with van der Waals surface area (Å²) < 4.78 is 15.5. The maximum absolute atomic E-state index is 11.9. The van der Waals surface area contributed by atoms with Crippen LogP contribution in [0.15, 0.2) is 42.5 Å². The average molecular weight is 402 g/mol. The number of non-ortho nitro benzene ring substituents is 1. The third kappa shape index (κ3) is 7.13. The van der Waals surface area contributed by atoms with Gasteiger partial charge in [0.05, 0.1) is 18.6 Å². The summed E-state index contributed by atoms with van der Waals surface area (Å²) in [5.41, 5.74) is 0.892. The zero-order valence-electron chi connectivity index (χ0n) is 16.2. The predicted molar refractivity (Wildman–Crippen MR) is 105 cm³/mol. The lowest BCUT2D eigenvalue weighted by molar-refractivity contribution is -0.384. The molecule has 0 unspecified atom stereocenters. The van der Waals surface area contributed by atoms with Gasteiger partial charge >= 0.3 is 5.97 Å². The molecule has 2 aromatic carbocycles. The van der Waals surface area contributed by atoms with E-state index in [-0.39, 0.29) is 12.1 Å². The topological polar surface area (TPSA) is 117 Å². The Morgan fingerprint density at radius 2 is 1.79 bits per heavy atom. The summed E-state index contributed by atoms with van der Waals surface area (Å²) in [6, 6.07) is 11.2. The SMILES string of the molecule is COc1ccc(OCCCC(=O)OCC(=O)Nc2ccc([N+](=O)[O-])cc2C)cc1. The lowest BCUT2D eigenvalue weighted by Gasteiger charge is -2.09. The van der Waals surface area contributed by atoms with E-state index >= 15 is 0 Å². The standard InChI is InChI=1S/C20H22N2O7/c1-14-12-15(22(25)26)5-10-18(14)21-19(23)13-29-20(24)4-3-11-28-17-8-6-16(27-2)7-9-17/h5-10,12H,3-4,11,13H2,1-2H3,(H,21,23). The fraction of sp³-hybridized carbons (Fsp3) is 0.300. The number of esters is 1. The van der Waals surface area contributed by atoms with E-state index in [9.17, 15) is 19.7 Å². The molecular formula is C20H22N2O7. The van der Waals surface area contributed by atoms with Crippen LogP contribution in [0.4, 0.5) is 11.4 Å². The summed E-state index contributed by atoms with van der Waals surface area (Å²) in [5, 5.41) is 13.3. The first kappa shape index (κ1) is 21.7. The van der Waals surface area contributed by atoms with Crippen molar-refractivity contribution in [1.82, 2.24) is 0 Å². The van der Waals surface area contributed by atoms with Gasteiger partial charge in [-0.2, -0.15) is 0 Å². The monoisotopic (exact) mass is 402 g/mol. The Hall–Kier alpha value is -3.62. The van der Waals surface area contributed by atoms with E-state index in [0.717, 1.165) is 5.75 Å². The Morgan fingerprint density at radius 1 is 1.10 bits per heavy atom. The molecule has 0 heterocycles. The number of hydrogen-bond donors (Lipinski definition) is 1. The molecule has 154 valence electrons. The largest absolute Gasteiger partial charge is 0.497 e. The minimum atomic E-state index is -0.523. The normalized spacial score (nSPS) is 10.1. The van der Waals surface area contributed by atoms with Crippen molar-refractivity contribution in [2.24, 2.45) is 0 Å². The minimum Gasteiger partial charge on any atom is -0.497 e. The number of rotatable bonds is 10. The summed E-state index contributed by atoms with van der Waals surface area (Å²) in [5.74, 6) is 0.351. The van der Waals surface area contributed by atoms with Crippen LogP contribution in [-0.4, -0.2) is 37.1 Å². The van der Waals surface area contributed by atoms with Gasteiger partial charge in [0.1, 0.15) is 11.5 Å². The second-order valence-corrected chi connectivity index (χ2v) is 6.09. The summed E-state index contributed by atoms with van der Waals surface area (Å²) in [7, 11) is 1.58. The van der Waals surface area contributed by atoms with Crippen LogP contribution in [0.5, 0.6) is 11.5 Å². The quantitative estimate of drug-likeness (QED) is 0.280. The molecule has 1 amide bonds. The van der Waals surface area contributed by atoms with Crippen LogP contribution in [0.25, 0.3) is 0 Å². The molecule has 0 aliphatic carbocycles. The Morgan fingerprint density at radius 3 is 2.41 bits per heavy atom. The van der Waals surface area contributed by atoms with Gasteiger partial charge in [-0.3, -0.25) is 19.7 Å². The lowest BCUT2D eigenvalue weighted by atomic mass is 10.2. The highest BCUT2D eigenvalue weighted by molar-refractivity contribution is 5.93. The van der Waals surface area contributed by atoms with Gasteiger partial charge in [0.25, 0.3) is 11.6 Å². The number of nitro groups is 1. The van der Waals surface area contributed by atoms with E-state index in [2.05, 4.69) is 5.32 Å². The van der Waals surface area contributed by atoms with Crippen LogP contribution in [0.1, 0.15) is 18.4 Å². The number of ether oxygens (including phenoxy) is 3. The predicted octanol–water partition coefficient (Wildman–Crippen LogP) is 3.25. The van der Waals surface area contributed by atoms with E-state index in [0.29, 0.717) is 30.0 Å². The van der Waals surface area contributed by atoms with Gasteiger partial charge in [-0.25, -0.2) is 0 Å². The van der Waals surface area contributed by atoms with Gasteiger partial charge in [0.2, 0.25) is 0 Å². The van der Waals surface area contributed by atoms with Gasteiger partial charge in [-0.1, -0.05) is 0 Å². The first-order valence-electron chi connectivity index (χ1n) is 8.86. The maximum Gasteiger partial charge on any atom is 0.306 e. The maximum atomic E-state index is 11.9. The number of hydrogen-bond acceptors (Lipinski definition) is 7. The zero-order valence-corrected chi connectivity index (χ0v) is 16.2. The molecule has 2 rings (SSSR count). The molecule has 29 heavy (non-hydrogen) atoms. The third-order valence-electron chi connectivity index (χ3n) is 3.91. The number of amides is 1. The van der Waals surface area contributed by atoms with Gasteiger partial charge in [-0.15, -0.1) is 0 Å². The van der Waals surface area contributed by atoms with Crippen molar-refractivity contribution >= 4 is 23.3 Å².